The van der Waals surface area contributed by atoms with Gasteiger partial charge in [0.05, 0.1) is 0 Å². The van der Waals surface area contributed by atoms with Crippen LogP contribution in [0.3, 0.4) is 0 Å². The van der Waals surface area contributed by atoms with E-state index in [4.69, 9.17) is 0 Å². The topological polar surface area (TPSA) is 41.0 Å². The van der Waals surface area contributed by atoms with Crippen LogP contribution in [-0.2, 0) is 6.42 Å². The van der Waals surface area contributed by atoms with E-state index in [9.17, 15) is 0 Å². The van der Waals surface area contributed by atoms with Gasteiger partial charge in [0.2, 0.25) is 0 Å². The van der Waals surface area contributed by atoms with Crippen molar-refractivity contribution in [2.24, 2.45) is 0 Å². The first kappa shape index (κ1) is 12.9. The molecule has 0 bridgehead atoms. The number of para-hydroxylation sites is 1. The first-order valence-electron chi connectivity index (χ1n) is 7.30. The van der Waals surface area contributed by atoms with Gasteiger partial charge in [-0.2, -0.15) is 0 Å². The maximum atomic E-state index is 4.44. The summed E-state index contributed by atoms with van der Waals surface area (Å²) in [4.78, 5) is 11.0. The molecule has 0 spiro atoms. The summed E-state index contributed by atoms with van der Waals surface area (Å²) < 4.78 is 0. The fourth-order valence-corrected chi connectivity index (χ4v) is 2.62. The number of aryl methyl sites for hydroxylation is 1. The Labute approximate surface area is 119 Å². The summed E-state index contributed by atoms with van der Waals surface area (Å²) in [5.74, 6) is 1.88. The molecule has 4 heteroatoms. The number of hydrogen-bond donors (Lipinski definition) is 1. The Kier molecular flexibility index (Phi) is 3.81. The van der Waals surface area contributed by atoms with Crippen molar-refractivity contribution < 1.29 is 0 Å². The lowest BCUT2D eigenvalue weighted by molar-refractivity contribution is 0.758. The van der Waals surface area contributed by atoms with Crippen molar-refractivity contribution in [2.45, 2.75) is 26.2 Å². The average Bonchev–Trinajstić information content (AvgIpc) is 2.52. The van der Waals surface area contributed by atoms with Crippen LogP contribution in [0.5, 0.6) is 0 Å². The van der Waals surface area contributed by atoms with Crippen molar-refractivity contribution in [1.82, 2.24) is 9.97 Å². The van der Waals surface area contributed by atoms with Crippen molar-refractivity contribution in [2.75, 3.05) is 23.3 Å². The van der Waals surface area contributed by atoms with E-state index in [0.717, 1.165) is 37.6 Å². The molecule has 1 aliphatic rings. The molecule has 2 heterocycles. The van der Waals surface area contributed by atoms with Crippen molar-refractivity contribution in [3.8, 4) is 0 Å². The first-order valence-corrected chi connectivity index (χ1v) is 7.30. The largest absolute Gasteiger partial charge is 0.370 e. The molecule has 1 aromatic heterocycles. The Morgan fingerprint density at radius 2 is 2.15 bits per heavy atom. The lowest BCUT2D eigenvalue weighted by atomic mass is 10.0. The van der Waals surface area contributed by atoms with Crippen LogP contribution in [-0.4, -0.2) is 23.1 Å². The fraction of sp³-hybridized carbons (Fsp3) is 0.375. The minimum Gasteiger partial charge on any atom is -0.370 e. The fourth-order valence-electron chi connectivity index (χ4n) is 2.62. The highest BCUT2D eigenvalue weighted by Gasteiger charge is 2.18. The number of aromatic nitrogens is 2. The molecule has 0 radical (unpaired) electrons. The Bertz CT molecular complexity index is 582. The van der Waals surface area contributed by atoms with Gasteiger partial charge in [0.1, 0.15) is 18.0 Å². The summed E-state index contributed by atoms with van der Waals surface area (Å²) in [6, 6.07) is 10.6. The Balaban J connectivity index is 1.90. The number of hydrogen-bond acceptors (Lipinski definition) is 4. The minimum absolute atomic E-state index is 0.903. The van der Waals surface area contributed by atoms with E-state index >= 15 is 0 Å². The van der Waals surface area contributed by atoms with Crippen LogP contribution in [0.1, 0.15) is 25.3 Å². The van der Waals surface area contributed by atoms with Crippen LogP contribution in [0, 0.1) is 0 Å². The third-order valence-corrected chi connectivity index (χ3v) is 3.60. The van der Waals surface area contributed by atoms with Gasteiger partial charge >= 0.3 is 0 Å². The summed E-state index contributed by atoms with van der Waals surface area (Å²) in [6.45, 7) is 4.10. The van der Waals surface area contributed by atoms with Crippen LogP contribution in [0.25, 0.3) is 0 Å². The highest BCUT2D eigenvalue weighted by Crippen LogP contribution is 2.32. The van der Waals surface area contributed by atoms with Crippen molar-refractivity contribution in [1.29, 1.82) is 0 Å². The van der Waals surface area contributed by atoms with Gasteiger partial charge in [-0.05, 0) is 30.9 Å². The second-order valence-corrected chi connectivity index (χ2v) is 5.07. The van der Waals surface area contributed by atoms with E-state index in [1.54, 1.807) is 6.33 Å². The van der Waals surface area contributed by atoms with Crippen LogP contribution in [0.15, 0.2) is 36.7 Å². The number of nitrogens with zero attached hydrogens (tertiary/aromatic N) is 3. The number of rotatable bonds is 4. The normalized spacial score (nSPS) is 13.9. The summed E-state index contributed by atoms with van der Waals surface area (Å²) in [7, 11) is 0. The molecule has 0 saturated carbocycles. The molecular formula is C16H20N4. The van der Waals surface area contributed by atoms with Gasteiger partial charge in [-0.3, -0.25) is 0 Å². The van der Waals surface area contributed by atoms with E-state index < -0.39 is 0 Å². The number of anilines is 3. The number of benzene rings is 1. The Hall–Kier alpha value is -2.10. The summed E-state index contributed by atoms with van der Waals surface area (Å²) in [5.41, 5.74) is 2.68. The summed E-state index contributed by atoms with van der Waals surface area (Å²) in [5, 5.41) is 3.32. The van der Waals surface area contributed by atoms with Gasteiger partial charge in [0.15, 0.2) is 0 Å². The molecule has 4 nitrogen and oxygen atoms in total. The maximum Gasteiger partial charge on any atom is 0.138 e. The first-order chi connectivity index (χ1) is 9.88. The average molecular weight is 268 g/mol. The van der Waals surface area contributed by atoms with E-state index in [2.05, 4.69) is 51.4 Å². The Morgan fingerprint density at radius 3 is 3.05 bits per heavy atom. The molecule has 3 rings (SSSR count). The number of fused-ring (bicyclic) bond motifs is 1. The quantitative estimate of drug-likeness (QED) is 0.923. The zero-order valence-corrected chi connectivity index (χ0v) is 11.8. The highest BCUT2D eigenvalue weighted by molar-refractivity contribution is 5.66. The molecule has 0 fully saturated rings. The Morgan fingerprint density at radius 1 is 1.25 bits per heavy atom. The summed E-state index contributed by atoms with van der Waals surface area (Å²) >= 11 is 0. The third-order valence-electron chi connectivity index (χ3n) is 3.60. The SMILES string of the molecule is CCCNc1cc(N2CCCc3ccccc32)ncn1. The standard InChI is InChI=1S/C16H20N4/c1-2-9-17-15-11-16(19-12-18-15)20-10-5-7-13-6-3-4-8-14(13)20/h3-4,6,8,11-12H,2,5,7,9-10H2,1H3,(H,17,18,19). The molecule has 20 heavy (non-hydrogen) atoms. The van der Waals surface area contributed by atoms with Crippen molar-refractivity contribution in [3.05, 3.63) is 42.2 Å². The second-order valence-electron chi connectivity index (χ2n) is 5.07. The van der Waals surface area contributed by atoms with Crippen LogP contribution >= 0.6 is 0 Å². The molecule has 0 amide bonds. The summed E-state index contributed by atoms with van der Waals surface area (Å²) in [6.07, 6.45) is 5.05. The predicted octanol–water partition coefficient (Wildman–Crippen LogP) is 3.38. The van der Waals surface area contributed by atoms with Gasteiger partial charge in [0.25, 0.3) is 0 Å². The van der Waals surface area contributed by atoms with Crippen LogP contribution < -0.4 is 10.2 Å². The van der Waals surface area contributed by atoms with Crippen molar-refractivity contribution in [3.63, 3.8) is 0 Å². The van der Waals surface area contributed by atoms with Crippen LogP contribution in [0.2, 0.25) is 0 Å². The third kappa shape index (κ3) is 2.59. The predicted molar refractivity (Wildman–Crippen MR) is 82.6 cm³/mol. The van der Waals surface area contributed by atoms with Crippen LogP contribution in [0.4, 0.5) is 17.3 Å². The smallest absolute Gasteiger partial charge is 0.138 e. The zero-order valence-electron chi connectivity index (χ0n) is 11.8. The zero-order chi connectivity index (χ0) is 13.8. The monoisotopic (exact) mass is 268 g/mol. The number of nitrogens with one attached hydrogen (secondary N) is 1. The van der Waals surface area contributed by atoms with Gasteiger partial charge in [-0.25, -0.2) is 9.97 Å². The molecule has 0 aliphatic carbocycles. The lowest BCUT2D eigenvalue weighted by Crippen LogP contribution is -2.25. The molecule has 1 aliphatic heterocycles. The molecule has 104 valence electrons. The molecule has 1 aromatic carbocycles. The van der Waals surface area contributed by atoms with E-state index in [1.165, 1.54) is 17.7 Å². The highest BCUT2D eigenvalue weighted by atomic mass is 15.2. The lowest BCUT2D eigenvalue weighted by Gasteiger charge is -2.30. The molecule has 2 aromatic rings. The van der Waals surface area contributed by atoms with Gasteiger partial charge in [0, 0.05) is 24.8 Å². The molecule has 0 unspecified atom stereocenters. The second kappa shape index (κ2) is 5.90. The van der Waals surface area contributed by atoms with Crippen molar-refractivity contribution >= 4 is 17.3 Å². The molecular weight excluding hydrogens is 248 g/mol. The van der Waals surface area contributed by atoms with Gasteiger partial charge < -0.3 is 10.2 Å². The van der Waals surface area contributed by atoms with E-state index in [1.807, 2.05) is 6.07 Å². The molecule has 1 N–H and O–H groups in total. The van der Waals surface area contributed by atoms with E-state index in [-0.39, 0.29) is 0 Å². The van der Waals surface area contributed by atoms with E-state index in [0.29, 0.717) is 0 Å². The van der Waals surface area contributed by atoms with Gasteiger partial charge in [-0.15, -0.1) is 0 Å². The molecule has 0 saturated heterocycles. The van der Waals surface area contributed by atoms with Gasteiger partial charge in [-0.1, -0.05) is 25.1 Å². The minimum atomic E-state index is 0.903. The molecule has 0 atom stereocenters. The maximum absolute atomic E-state index is 4.44.